The number of nitrogens with two attached hydrogens (primary N) is 1. The summed E-state index contributed by atoms with van der Waals surface area (Å²) < 4.78 is 12.2. The summed E-state index contributed by atoms with van der Waals surface area (Å²) in [5.41, 5.74) is 4.75. The maximum Gasteiger partial charge on any atom is 0.286 e. The van der Waals surface area contributed by atoms with E-state index in [1.54, 1.807) is 0 Å². The van der Waals surface area contributed by atoms with E-state index in [0.717, 1.165) is 12.3 Å². The molecule has 10 heavy (non-hydrogen) atoms. The number of primary amides is 1. The molecule has 1 amide bonds. The van der Waals surface area contributed by atoms with Gasteiger partial charge in [0, 0.05) is 12.3 Å². The van der Waals surface area contributed by atoms with Crippen molar-refractivity contribution in [3.63, 3.8) is 0 Å². The van der Waals surface area contributed by atoms with Crippen LogP contribution in [0.5, 0.6) is 0 Å². The topological polar surface area (TPSA) is 68.9 Å². The summed E-state index contributed by atoms with van der Waals surface area (Å²) in [5.74, 6) is -1.90. The van der Waals surface area contributed by atoms with Crippen LogP contribution in [0.4, 0.5) is 4.39 Å². The molecule has 1 heterocycles. The Morgan fingerprint density at radius 2 is 2.40 bits per heavy atom. The summed E-state index contributed by atoms with van der Waals surface area (Å²) in [7, 11) is 0. The van der Waals surface area contributed by atoms with E-state index in [4.69, 9.17) is 5.73 Å². The van der Waals surface area contributed by atoms with Gasteiger partial charge in [-0.05, 0) is 0 Å². The first-order chi connectivity index (χ1) is 4.70. The van der Waals surface area contributed by atoms with Gasteiger partial charge >= 0.3 is 0 Å². The van der Waals surface area contributed by atoms with Crippen LogP contribution in [0.15, 0.2) is 12.3 Å². The molecule has 1 aromatic heterocycles. The van der Waals surface area contributed by atoms with Crippen molar-refractivity contribution in [3.8, 4) is 0 Å². The summed E-state index contributed by atoms with van der Waals surface area (Å²) >= 11 is 0. The van der Waals surface area contributed by atoms with Crippen molar-refractivity contribution in [2.45, 2.75) is 0 Å². The molecule has 0 fully saturated rings. The van der Waals surface area contributed by atoms with Gasteiger partial charge in [-0.2, -0.15) is 9.37 Å². The second-order valence-corrected chi connectivity index (χ2v) is 1.57. The lowest BCUT2D eigenvalue weighted by Gasteiger charge is -1.90. The van der Waals surface area contributed by atoms with Gasteiger partial charge in [0.2, 0.25) is 11.8 Å². The van der Waals surface area contributed by atoms with E-state index in [0.29, 0.717) is 0 Å². The molecule has 0 aliphatic heterocycles. The van der Waals surface area contributed by atoms with Crippen molar-refractivity contribution >= 4 is 5.91 Å². The Bertz CT molecular complexity index is 263. The number of halogens is 1. The van der Waals surface area contributed by atoms with Gasteiger partial charge < -0.3 is 5.73 Å². The number of amides is 1. The van der Waals surface area contributed by atoms with Gasteiger partial charge in [0.05, 0.1) is 0 Å². The predicted octanol–water partition coefficient (Wildman–Crippen LogP) is -0.285. The molecule has 0 saturated carbocycles. The number of nitrogens with zero attached hydrogens (tertiary/aromatic N) is 2. The van der Waals surface area contributed by atoms with E-state index in [2.05, 4.69) is 9.97 Å². The molecule has 0 radical (unpaired) electrons. The van der Waals surface area contributed by atoms with Crippen molar-refractivity contribution in [3.05, 3.63) is 24.0 Å². The van der Waals surface area contributed by atoms with Crippen molar-refractivity contribution < 1.29 is 9.18 Å². The Morgan fingerprint density at radius 1 is 1.70 bits per heavy atom. The Kier molecular flexibility index (Phi) is 1.57. The fraction of sp³-hybridized carbons (Fsp3) is 0. The van der Waals surface area contributed by atoms with Crippen molar-refractivity contribution in [2.24, 2.45) is 5.73 Å². The molecule has 0 aliphatic carbocycles. The van der Waals surface area contributed by atoms with E-state index < -0.39 is 11.9 Å². The molecule has 1 rings (SSSR count). The summed E-state index contributed by atoms with van der Waals surface area (Å²) in [5, 5.41) is 0. The van der Waals surface area contributed by atoms with Gasteiger partial charge in [0.25, 0.3) is 5.91 Å². The van der Waals surface area contributed by atoms with Gasteiger partial charge in [-0.25, -0.2) is 4.98 Å². The second kappa shape index (κ2) is 2.38. The number of rotatable bonds is 1. The van der Waals surface area contributed by atoms with Gasteiger partial charge in [0.15, 0.2) is 0 Å². The molecule has 0 unspecified atom stereocenters. The number of aromatic nitrogens is 2. The quantitative estimate of drug-likeness (QED) is 0.546. The summed E-state index contributed by atoms with van der Waals surface area (Å²) in [4.78, 5) is 16.8. The number of hydrogen-bond donors (Lipinski definition) is 1. The van der Waals surface area contributed by atoms with Crippen LogP contribution < -0.4 is 5.73 Å². The maximum atomic E-state index is 12.2. The predicted molar refractivity (Wildman–Crippen MR) is 30.5 cm³/mol. The Labute approximate surface area is 55.9 Å². The second-order valence-electron chi connectivity index (χ2n) is 1.57. The van der Waals surface area contributed by atoms with Crippen molar-refractivity contribution in [1.29, 1.82) is 0 Å². The molecule has 2 N–H and O–H groups in total. The molecule has 0 spiro atoms. The minimum atomic E-state index is -0.834. The Morgan fingerprint density at radius 3 is 2.80 bits per heavy atom. The number of carbonyl (C=O) groups excluding carboxylic acids is 1. The first-order valence-corrected chi connectivity index (χ1v) is 2.48. The SMILES string of the molecule is NC(=O)c1nccc(F)n1. The fourth-order valence-corrected chi connectivity index (χ4v) is 0.455. The minimum absolute atomic E-state index is 0.306. The van der Waals surface area contributed by atoms with E-state index in [-0.39, 0.29) is 5.82 Å². The first-order valence-electron chi connectivity index (χ1n) is 2.48. The molecule has 52 valence electrons. The average molecular weight is 141 g/mol. The normalized spacial score (nSPS) is 9.30. The lowest BCUT2D eigenvalue weighted by atomic mass is 10.5. The lowest BCUT2D eigenvalue weighted by molar-refractivity contribution is 0.0989. The molecule has 1 aromatic rings. The van der Waals surface area contributed by atoms with E-state index in [9.17, 15) is 9.18 Å². The zero-order valence-electron chi connectivity index (χ0n) is 4.91. The van der Waals surface area contributed by atoms with Crippen LogP contribution in [0.1, 0.15) is 10.6 Å². The Hall–Kier alpha value is -1.52. The number of carbonyl (C=O) groups is 1. The zero-order chi connectivity index (χ0) is 7.56. The van der Waals surface area contributed by atoms with Crippen LogP contribution in [-0.4, -0.2) is 15.9 Å². The summed E-state index contributed by atoms with van der Waals surface area (Å²) in [6.45, 7) is 0. The highest BCUT2D eigenvalue weighted by Gasteiger charge is 2.02. The third-order valence-electron chi connectivity index (χ3n) is 0.842. The lowest BCUT2D eigenvalue weighted by Crippen LogP contribution is -2.15. The largest absolute Gasteiger partial charge is 0.363 e. The molecule has 0 atom stereocenters. The monoisotopic (exact) mass is 141 g/mol. The van der Waals surface area contributed by atoms with E-state index in [1.165, 1.54) is 0 Å². The maximum absolute atomic E-state index is 12.2. The van der Waals surface area contributed by atoms with Gasteiger partial charge in [-0.3, -0.25) is 4.79 Å². The highest BCUT2D eigenvalue weighted by molar-refractivity contribution is 5.88. The van der Waals surface area contributed by atoms with Gasteiger partial charge in [-0.1, -0.05) is 0 Å². The summed E-state index contributed by atoms with van der Waals surface area (Å²) in [6.07, 6.45) is 1.13. The van der Waals surface area contributed by atoms with Crippen molar-refractivity contribution in [1.82, 2.24) is 9.97 Å². The molecule has 0 aromatic carbocycles. The van der Waals surface area contributed by atoms with Crippen LogP contribution in [0.2, 0.25) is 0 Å². The average Bonchev–Trinajstić information content (AvgIpc) is 1.88. The van der Waals surface area contributed by atoms with E-state index in [1.807, 2.05) is 0 Å². The standard InChI is InChI=1S/C5H4FN3O/c6-3-1-2-8-5(9-3)4(7)10/h1-2H,(H2,7,10). The first kappa shape index (κ1) is 6.60. The Balaban J connectivity index is 3.07. The fourth-order valence-electron chi connectivity index (χ4n) is 0.455. The molecular weight excluding hydrogens is 137 g/mol. The van der Waals surface area contributed by atoms with E-state index >= 15 is 0 Å². The molecule has 0 aliphatic rings. The molecule has 4 nitrogen and oxygen atoms in total. The molecular formula is C5H4FN3O. The van der Waals surface area contributed by atoms with Crippen LogP contribution >= 0.6 is 0 Å². The number of hydrogen-bond acceptors (Lipinski definition) is 3. The zero-order valence-corrected chi connectivity index (χ0v) is 4.91. The third-order valence-corrected chi connectivity index (χ3v) is 0.842. The van der Waals surface area contributed by atoms with Crippen LogP contribution in [0, 0.1) is 5.95 Å². The molecule has 0 bridgehead atoms. The van der Waals surface area contributed by atoms with Crippen LogP contribution in [-0.2, 0) is 0 Å². The summed E-state index contributed by atoms with van der Waals surface area (Å²) in [6, 6.07) is 1.03. The minimum Gasteiger partial charge on any atom is -0.363 e. The van der Waals surface area contributed by atoms with Crippen LogP contribution in [0.25, 0.3) is 0 Å². The molecule has 5 heteroatoms. The third kappa shape index (κ3) is 1.25. The molecule has 0 saturated heterocycles. The van der Waals surface area contributed by atoms with Gasteiger partial charge in [0.1, 0.15) is 0 Å². The van der Waals surface area contributed by atoms with Gasteiger partial charge in [-0.15, -0.1) is 0 Å². The highest BCUT2D eigenvalue weighted by atomic mass is 19.1. The van der Waals surface area contributed by atoms with Crippen molar-refractivity contribution in [2.75, 3.05) is 0 Å². The highest BCUT2D eigenvalue weighted by Crippen LogP contribution is 1.90. The van der Waals surface area contributed by atoms with Crippen LogP contribution in [0.3, 0.4) is 0 Å². The smallest absolute Gasteiger partial charge is 0.286 e.